The second-order valence-corrected chi connectivity index (χ2v) is 4.62. The van der Waals surface area contributed by atoms with Gasteiger partial charge in [0.1, 0.15) is 0 Å². The lowest BCUT2D eigenvalue weighted by Gasteiger charge is -2.08. The highest BCUT2D eigenvalue weighted by molar-refractivity contribution is 6.30. The summed E-state index contributed by atoms with van der Waals surface area (Å²) in [4.78, 5) is 22.7. The van der Waals surface area contributed by atoms with Crippen LogP contribution in [0.2, 0.25) is 5.02 Å². The molecule has 0 aromatic heterocycles. The quantitative estimate of drug-likeness (QED) is 0.832. The number of nitrogens with one attached hydrogen (secondary N) is 1. The number of benzene rings is 1. The zero-order valence-electron chi connectivity index (χ0n) is 10.4. The van der Waals surface area contributed by atoms with E-state index in [0.29, 0.717) is 5.02 Å². The average molecular weight is 270 g/mol. The molecule has 0 heterocycles. The molecule has 98 valence electrons. The van der Waals surface area contributed by atoms with Gasteiger partial charge in [0.25, 0.3) is 5.91 Å². The summed E-state index contributed by atoms with van der Waals surface area (Å²) in [5.74, 6) is -0.731. The van der Waals surface area contributed by atoms with E-state index < -0.39 is 5.97 Å². The monoisotopic (exact) mass is 269 g/mol. The zero-order valence-corrected chi connectivity index (χ0v) is 11.2. The maximum atomic E-state index is 11.5. The van der Waals surface area contributed by atoms with Crippen LogP contribution in [-0.2, 0) is 20.7 Å². The van der Waals surface area contributed by atoms with Crippen molar-refractivity contribution < 1.29 is 14.3 Å². The second kappa shape index (κ2) is 7.01. The molecule has 5 heteroatoms. The van der Waals surface area contributed by atoms with Crippen LogP contribution in [0.1, 0.15) is 19.4 Å². The number of ether oxygens (including phenoxy) is 1. The molecule has 18 heavy (non-hydrogen) atoms. The first-order valence-electron chi connectivity index (χ1n) is 5.67. The number of esters is 1. The molecule has 0 bridgehead atoms. The molecule has 1 rings (SSSR count). The van der Waals surface area contributed by atoms with E-state index in [4.69, 9.17) is 16.3 Å². The summed E-state index contributed by atoms with van der Waals surface area (Å²) < 4.78 is 4.85. The van der Waals surface area contributed by atoms with Gasteiger partial charge in [0, 0.05) is 11.1 Å². The zero-order chi connectivity index (χ0) is 13.5. The van der Waals surface area contributed by atoms with Crippen molar-refractivity contribution in [3.8, 4) is 0 Å². The summed E-state index contributed by atoms with van der Waals surface area (Å²) in [6, 6.07) is 6.94. The highest BCUT2D eigenvalue weighted by Crippen LogP contribution is 2.10. The number of carbonyl (C=O) groups excluding carboxylic acids is 2. The summed E-state index contributed by atoms with van der Waals surface area (Å²) in [6.07, 6.45) is 0.131. The van der Waals surface area contributed by atoms with Crippen LogP contribution in [0.25, 0.3) is 0 Å². The SMILES string of the molecule is CC(C)NC(=O)COC(=O)Cc1ccc(Cl)cc1. The molecule has 0 fully saturated rings. The first-order valence-corrected chi connectivity index (χ1v) is 6.04. The Morgan fingerprint density at radius 3 is 2.44 bits per heavy atom. The Hall–Kier alpha value is -1.55. The third kappa shape index (κ3) is 5.68. The van der Waals surface area contributed by atoms with Gasteiger partial charge in [-0.25, -0.2) is 0 Å². The van der Waals surface area contributed by atoms with Crippen molar-refractivity contribution >= 4 is 23.5 Å². The van der Waals surface area contributed by atoms with Gasteiger partial charge >= 0.3 is 5.97 Å². The smallest absolute Gasteiger partial charge is 0.310 e. The number of amides is 1. The summed E-state index contributed by atoms with van der Waals surface area (Å²) in [5.41, 5.74) is 0.800. The molecular formula is C13H16ClNO3. The summed E-state index contributed by atoms with van der Waals surface area (Å²) in [5, 5.41) is 3.25. The van der Waals surface area contributed by atoms with E-state index in [1.807, 2.05) is 13.8 Å². The van der Waals surface area contributed by atoms with Crippen molar-refractivity contribution in [1.82, 2.24) is 5.32 Å². The predicted octanol–water partition coefficient (Wildman–Crippen LogP) is 1.95. The largest absolute Gasteiger partial charge is 0.455 e. The van der Waals surface area contributed by atoms with Crippen LogP contribution in [0, 0.1) is 0 Å². The third-order valence-corrected chi connectivity index (χ3v) is 2.33. The minimum absolute atomic E-state index is 0.0347. The highest BCUT2D eigenvalue weighted by atomic mass is 35.5. The van der Waals surface area contributed by atoms with Gasteiger partial charge in [-0.05, 0) is 31.5 Å². The standard InChI is InChI=1S/C13H16ClNO3/c1-9(2)15-12(16)8-18-13(17)7-10-3-5-11(14)6-4-10/h3-6,9H,7-8H2,1-2H3,(H,15,16). The molecule has 1 aromatic carbocycles. The van der Waals surface area contributed by atoms with E-state index in [9.17, 15) is 9.59 Å². The van der Waals surface area contributed by atoms with Crippen LogP contribution >= 0.6 is 11.6 Å². The van der Waals surface area contributed by atoms with Gasteiger partial charge in [0.15, 0.2) is 6.61 Å². The minimum atomic E-state index is -0.434. The van der Waals surface area contributed by atoms with Gasteiger partial charge in [0.05, 0.1) is 6.42 Å². The first kappa shape index (κ1) is 14.5. The van der Waals surface area contributed by atoms with Crippen molar-refractivity contribution in [2.24, 2.45) is 0 Å². The molecule has 0 saturated carbocycles. The Morgan fingerprint density at radius 1 is 1.28 bits per heavy atom. The fourth-order valence-corrected chi connectivity index (χ4v) is 1.46. The van der Waals surface area contributed by atoms with Crippen molar-refractivity contribution in [3.05, 3.63) is 34.9 Å². The Labute approximate surface area is 111 Å². The summed E-state index contributed by atoms with van der Waals surface area (Å²) in [6.45, 7) is 3.44. The number of hydrogen-bond donors (Lipinski definition) is 1. The summed E-state index contributed by atoms with van der Waals surface area (Å²) >= 11 is 5.73. The van der Waals surface area contributed by atoms with E-state index in [2.05, 4.69) is 5.32 Å². The molecule has 0 spiro atoms. The molecule has 0 aliphatic heterocycles. The van der Waals surface area contributed by atoms with E-state index >= 15 is 0 Å². The van der Waals surface area contributed by atoms with Crippen molar-refractivity contribution in [2.75, 3.05) is 6.61 Å². The Balaban J connectivity index is 2.34. The molecule has 0 aliphatic carbocycles. The molecule has 1 aromatic rings. The van der Waals surface area contributed by atoms with Crippen LogP contribution in [0.5, 0.6) is 0 Å². The number of rotatable bonds is 5. The number of hydrogen-bond acceptors (Lipinski definition) is 3. The maximum Gasteiger partial charge on any atom is 0.310 e. The average Bonchev–Trinajstić information content (AvgIpc) is 2.29. The van der Waals surface area contributed by atoms with Crippen LogP contribution in [0.3, 0.4) is 0 Å². The van der Waals surface area contributed by atoms with Crippen LogP contribution in [0.15, 0.2) is 24.3 Å². The molecule has 0 aliphatic rings. The van der Waals surface area contributed by atoms with Crippen molar-refractivity contribution in [3.63, 3.8) is 0 Å². The molecular weight excluding hydrogens is 254 g/mol. The number of halogens is 1. The van der Waals surface area contributed by atoms with E-state index in [1.165, 1.54) is 0 Å². The molecule has 0 saturated heterocycles. The maximum absolute atomic E-state index is 11.5. The lowest BCUT2D eigenvalue weighted by Crippen LogP contribution is -2.34. The minimum Gasteiger partial charge on any atom is -0.455 e. The molecule has 0 radical (unpaired) electrons. The van der Waals surface area contributed by atoms with Gasteiger partial charge in [-0.1, -0.05) is 23.7 Å². The molecule has 1 amide bonds. The van der Waals surface area contributed by atoms with Gasteiger partial charge in [-0.15, -0.1) is 0 Å². The van der Waals surface area contributed by atoms with Crippen LogP contribution < -0.4 is 5.32 Å². The van der Waals surface area contributed by atoms with E-state index in [0.717, 1.165) is 5.56 Å². The lowest BCUT2D eigenvalue weighted by atomic mass is 10.1. The number of carbonyl (C=O) groups is 2. The first-order chi connectivity index (χ1) is 8.47. The Bertz CT molecular complexity index is 415. The second-order valence-electron chi connectivity index (χ2n) is 4.19. The topological polar surface area (TPSA) is 55.4 Å². The lowest BCUT2D eigenvalue weighted by molar-refractivity contribution is -0.148. The van der Waals surface area contributed by atoms with Gasteiger partial charge in [-0.2, -0.15) is 0 Å². The normalized spacial score (nSPS) is 10.2. The fraction of sp³-hybridized carbons (Fsp3) is 0.385. The van der Waals surface area contributed by atoms with Crippen LogP contribution in [-0.4, -0.2) is 24.5 Å². The van der Waals surface area contributed by atoms with E-state index in [1.54, 1.807) is 24.3 Å². The van der Waals surface area contributed by atoms with Crippen molar-refractivity contribution in [2.45, 2.75) is 26.3 Å². The molecule has 0 atom stereocenters. The molecule has 4 nitrogen and oxygen atoms in total. The Kier molecular flexibility index (Phi) is 5.65. The van der Waals surface area contributed by atoms with Gasteiger partial charge in [-0.3, -0.25) is 9.59 Å². The van der Waals surface area contributed by atoms with Crippen LogP contribution in [0.4, 0.5) is 0 Å². The Morgan fingerprint density at radius 2 is 1.89 bits per heavy atom. The van der Waals surface area contributed by atoms with Crippen molar-refractivity contribution in [1.29, 1.82) is 0 Å². The third-order valence-electron chi connectivity index (χ3n) is 2.08. The summed E-state index contributed by atoms with van der Waals surface area (Å²) in [7, 11) is 0. The molecule has 1 N–H and O–H groups in total. The highest BCUT2D eigenvalue weighted by Gasteiger charge is 2.09. The molecule has 0 unspecified atom stereocenters. The predicted molar refractivity (Wildman–Crippen MR) is 69.4 cm³/mol. The van der Waals surface area contributed by atoms with E-state index in [-0.39, 0.29) is 25.0 Å². The fourth-order valence-electron chi connectivity index (χ4n) is 1.33. The van der Waals surface area contributed by atoms with Gasteiger partial charge < -0.3 is 10.1 Å². The van der Waals surface area contributed by atoms with Gasteiger partial charge in [0.2, 0.25) is 0 Å².